The zero-order chi connectivity index (χ0) is 17.1. The molecule has 1 aliphatic rings. The number of fused-ring (bicyclic) bond motifs is 1. The lowest BCUT2D eigenvalue weighted by atomic mass is 10.1. The molecule has 1 aromatic heterocycles. The average Bonchev–Trinajstić information content (AvgIpc) is 2.95. The Bertz CT molecular complexity index is 722. The molecule has 2 aromatic rings. The molecule has 6 nitrogen and oxygen atoms in total. The largest absolute Gasteiger partial charge is 0.497 e. The van der Waals surface area contributed by atoms with Gasteiger partial charge in [-0.3, -0.25) is 9.69 Å². The first-order chi connectivity index (χ1) is 11.6. The van der Waals surface area contributed by atoms with Gasteiger partial charge in [0.2, 0.25) is 5.91 Å². The van der Waals surface area contributed by atoms with Gasteiger partial charge in [-0.05, 0) is 17.7 Å². The van der Waals surface area contributed by atoms with Gasteiger partial charge < -0.3 is 14.8 Å². The Morgan fingerprint density at radius 2 is 2.00 bits per heavy atom. The second-order valence-corrected chi connectivity index (χ2v) is 6.84. The van der Waals surface area contributed by atoms with Gasteiger partial charge in [-0.1, -0.05) is 0 Å². The summed E-state index contributed by atoms with van der Waals surface area (Å²) in [4.78, 5) is 19.3. The van der Waals surface area contributed by atoms with Crippen molar-refractivity contribution in [1.82, 2.24) is 9.88 Å². The van der Waals surface area contributed by atoms with E-state index in [0.29, 0.717) is 5.13 Å². The van der Waals surface area contributed by atoms with Gasteiger partial charge >= 0.3 is 0 Å². The maximum absolute atomic E-state index is 11.2. The summed E-state index contributed by atoms with van der Waals surface area (Å²) in [5.41, 5.74) is 2.25. The van der Waals surface area contributed by atoms with Gasteiger partial charge in [-0.25, -0.2) is 4.98 Å². The molecule has 0 aliphatic carbocycles. The third-order valence-corrected chi connectivity index (χ3v) is 4.91. The number of nitrogens with zero attached hydrogens (tertiary/aromatic N) is 2. The van der Waals surface area contributed by atoms with Crippen molar-refractivity contribution in [3.05, 3.63) is 34.3 Å². The van der Waals surface area contributed by atoms with Gasteiger partial charge in [0, 0.05) is 43.9 Å². The number of benzene rings is 1. The van der Waals surface area contributed by atoms with Crippen LogP contribution in [0.3, 0.4) is 0 Å². The lowest BCUT2D eigenvalue weighted by molar-refractivity contribution is -0.114. The monoisotopic (exact) mass is 347 g/mol. The zero-order valence-electron chi connectivity index (χ0n) is 14.1. The van der Waals surface area contributed by atoms with Crippen molar-refractivity contribution in [3.63, 3.8) is 0 Å². The molecule has 3 rings (SSSR count). The number of anilines is 1. The molecular weight excluding hydrogens is 326 g/mol. The van der Waals surface area contributed by atoms with Crippen LogP contribution in [0.4, 0.5) is 5.13 Å². The van der Waals surface area contributed by atoms with Gasteiger partial charge in [-0.15, -0.1) is 11.3 Å². The Balaban J connectivity index is 1.72. The molecule has 7 heteroatoms. The lowest BCUT2D eigenvalue weighted by Gasteiger charge is -2.26. The summed E-state index contributed by atoms with van der Waals surface area (Å²) >= 11 is 1.56. The van der Waals surface area contributed by atoms with E-state index in [1.165, 1.54) is 11.8 Å². The maximum atomic E-state index is 11.2. The van der Waals surface area contributed by atoms with E-state index >= 15 is 0 Å². The van der Waals surface area contributed by atoms with Crippen LogP contribution in [-0.2, 0) is 24.3 Å². The van der Waals surface area contributed by atoms with Crippen molar-refractivity contribution in [2.45, 2.75) is 26.4 Å². The Kier molecular flexibility index (Phi) is 5.01. The van der Waals surface area contributed by atoms with Gasteiger partial charge in [-0.2, -0.15) is 0 Å². The molecule has 1 aliphatic heterocycles. The standard InChI is InChI=1S/C17H21N3O3S/c1-11(21)18-17-19-15-4-5-20(10-16(15)24-17)9-12-6-13(22-2)8-14(7-12)23-3/h6-8H,4-5,9-10H2,1-3H3,(H,18,19,21). The number of amides is 1. The van der Waals surface area contributed by atoms with Crippen LogP contribution in [0, 0.1) is 0 Å². The highest BCUT2D eigenvalue weighted by molar-refractivity contribution is 7.15. The van der Waals surface area contributed by atoms with Crippen molar-refractivity contribution < 1.29 is 14.3 Å². The summed E-state index contributed by atoms with van der Waals surface area (Å²) < 4.78 is 10.7. The fraction of sp³-hybridized carbons (Fsp3) is 0.412. The first-order valence-corrected chi connectivity index (χ1v) is 8.59. The maximum Gasteiger partial charge on any atom is 0.223 e. The Morgan fingerprint density at radius 3 is 2.62 bits per heavy atom. The highest BCUT2D eigenvalue weighted by atomic mass is 32.1. The van der Waals surface area contributed by atoms with Crippen LogP contribution in [-0.4, -0.2) is 36.6 Å². The summed E-state index contributed by atoms with van der Waals surface area (Å²) in [5.74, 6) is 1.52. The average molecular weight is 347 g/mol. The van der Waals surface area contributed by atoms with E-state index in [1.54, 1.807) is 25.6 Å². The predicted octanol–water partition coefficient (Wildman–Crippen LogP) is 2.68. The summed E-state index contributed by atoms with van der Waals surface area (Å²) in [6.07, 6.45) is 0.895. The molecule has 128 valence electrons. The Hall–Kier alpha value is -2.12. The number of hydrogen-bond donors (Lipinski definition) is 1. The summed E-state index contributed by atoms with van der Waals surface area (Å²) in [5, 5.41) is 3.47. The summed E-state index contributed by atoms with van der Waals surface area (Å²) in [6, 6.07) is 5.95. The molecule has 1 N–H and O–H groups in total. The van der Waals surface area contributed by atoms with Crippen LogP contribution >= 0.6 is 11.3 Å². The highest BCUT2D eigenvalue weighted by Gasteiger charge is 2.21. The van der Waals surface area contributed by atoms with E-state index in [0.717, 1.165) is 48.8 Å². The van der Waals surface area contributed by atoms with E-state index in [-0.39, 0.29) is 5.91 Å². The van der Waals surface area contributed by atoms with Gasteiger partial charge in [0.15, 0.2) is 5.13 Å². The summed E-state index contributed by atoms with van der Waals surface area (Å²) in [6.45, 7) is 4.10. The van der Waals surface area contributed by atoms with Crippen molar-refractivity contribution in [2.24, 2.45) is 0 Å². The van der Waals surface area contributed by atoms with E-state index in [1.807, 2.05) is 18.2 Å². The number of rotatable bonds is 5. The quantitative estimate of drug-likeness (QED) is 0.901. The predicted molar refractivity (Wildman–Crippen MR) is 93.8 cm³/mol. The molecule has 0 spiro atoms. The zero-order valence-corrected chi connectivity index (χ0v) is 14.9. The molecule has 0 saturated heterocycles. The fourth-order valence-electron chi connectivity index (χ4n) is 2.80. The third-order valence-electron chi connectivity index (χ3n) is 3.91. The SMILES string of the molecule is COc1cc(CN2CCc3nc(NC(C)=O)sc3C2)cc(OC)c1. The van der Waals surface area contributed by atoms with Crippen molar-refractivity contribution >= 4 is 22.4 Å². The van der Waals surface area contributed by atoms with E-state index in [2.05, 4.69) is 15.2 Å². The Morgan fingerprint density at radius 1 is 1.29 bits per heavy atom. The van der Waals surface area contributed by atoms with Crippen LogP contribution in [0.2, 0.25) is 0 Å². The van der Waals surface area contributed by atoms with Gasteiger partial charge in [0.25, 0.3) is 0 Å². The number of carbonyl (C=O) groups excluding carboxylic acids is 1. The molecule has 0 bridgehead atoms. The minimum absolute atomic E-state index is 0.0820. The molecule has 24 heavy (non-hydrogen) atoms. The molecule has 1 aromatic carbocycles. The number of methoxy groups -OCH3 is 2. The van der Waals surface area contributed by atoms with Crippen LogP contribution in [0.25, 0.3) is 0 Å². The second-order valence-electron chi connectivity index (χ2n) is 5.75. The number of aromatic nitrogens is 1. The number of ether oxygens (including phenoxy) is 2. The minimum Gasteiger partial charge on any atom is -0.497 e. The van der Waals surface area contributed by atoms with Gasteiger partial charge in [0.05, 0.1) is 19.9 Å². The van der Waals surface area contributed by atoms with Crippen LogP contribution in [0.5, 0.6) is 11.5 Å². The molecule has 1 amide bonds. The molecular formula is C17H21N3O3S. The normalized spacial score (nSPS) is 14.1. The topological polar surface area (TPSA) is 63.7 Å². The first kappa shape index (κ1) is 16.7. The number of hydrogen-bond acceptors (Lipinski definition) is 6. The van der Waals surface area contributed by atoms with Crippen LogP contribution in [0.1, 0.15) is 23.1 Å². The van der Waals surface area contributed by atoms with Crippen LogP contribution in [0.15, 0.2) is 18.2 Å². The highest BCUT2D eigenvalue weighted by Crippen LogP contribution is 2.30. The lowest BCUT2D eigenvalue weighted by Crippen LogP contribution is -2.29. The van der Waals surface area contributed by atoms with Crippen LogP contribution < -0.4 is 14.8 Å². The minimum atomic E-state index is -0.0820. The van der Waals surface area contributed by atoms with Crippen molar-refractivity contribution in [3.8, 4) is 11.5 Å². The molecule has 0 saturated carbocycles. The first-order valence-electron chi connectivity index (χ1n) is 7.78. The van der Waals surface area contributed by atoms with Crippen molar-refractivity contribution in [1.29, 1.82) is 0 Å². The number of thiazole rings is 1. The molecule has 2 heterocycles. The van der Waals surface area contributed by atoms with Gasteiger partial charge in [0.1, 0.15) is 11.5 Å². The van der Waals surface area contributed by atoms with E-state index in [9.17, 15) is 4.79 Å². The van der Waals surface area contributed by atoms with E-state index < -0.39 is 0 Å². The molecule has 0 unspecified atom stereocenters. The molecule has 0 radical (unpaired) electrons. The smallest absolute Gasteiger partial charge is 0.223 e. The van der Waals surface area contributed by atoms with Crippen molar-refractivity contribution in [2.75, 3.05) is 26.1 Å². The fourth-order valence-corrected chi connectivity index (χ4v) is 3.90. The van der Waals surface area contributed by atoms with E-state index in [4.69, 9.17) is 9.47 Å². The summed E-state index contributed by atoms with van der Waals surface area (Å²) in [7, 11) is 3.32. The second kappa shape index (κ2) is 7.19. The molecule has 0 fully saturated rings. The Labute approximate surface area is 145 Å². The third kappa shape index (κ3) is 3.85. The molecule has 0 atom stereocenters. The number of carbonyl (C=O) groups is 1. The number of nitrogens with one attached hydrogen (secondary N) is 1.